The molecule has 0 fully saturated rings. The van der Waals surface area contributed by atoms with Crippen LogP contribution in [0, 0.1) is 6.92 Å². The molecule has 4 aromatic rings. The van der Waals surface area contributed by atoms with E-state index in [1.54, 1.807) is 38.1 Å². The summed E-state index contributed by atoms with van der Waals surface area (Å²) in [6.07, 6.45) is -4.62. The number of halogens is 3. The number of hydrogen-bond acceptors (Lipinski definition) is 5. The fraction of sp³-hybridized carbons (Fsp3) is 0.167. The van der Waals surface area contributed by atoms with Crippen LogP contribution in [0.2, 0.25) is 0 Å². The van der Waals surface area contributed by atoms with Gasteiger partial charge in [0.15, 0.2) is 0 Å². The van der Waals surface area contributed by atoms with E-state index in [0.29, 0.717) is 23.6 Å². The van der Waals surface area contributed by atoms with Crippen molar-refractivity contribution in [1.29, 1.82) is 0 Å². The van der Waals surface area contributed by atoms with Crippen LogP contribution >= 0.6 is 0 Å². The van der Waals surface area contributed by atoms with Crippen molar-refractivity contribution in [1.82, 2.24) is 15.5 Å². The highest BCUT2D eigenvalue weighted by Crippen LogP contribution is 2.37. The smallest absolute Gasteiger partial charge is 0.338 e. The molecule has 3 amide bonds. The second-order valence-corrected chi connectivity index (χ2v) is 7.57. The number of hydrogen-bond donors (Lipinski definition) is 3. The van der Waals surface area contributed by atoms with Crippen LogP contribution in [0.3, 0.4) is 0 Å². The molecule has 0 spiro atoms. The molecule has 4 rings (SSSR count). The average molecular weight is 483 g/mol. The summed E-state index contributed by atoms with van der Waals surface area (Å²) in [5.41, 5.74) is -0.0261. The van der Waals surface area contributed by atoms with Gasteiger partial charge in [-0.25, -0.2) is 9.78 Å². The number of carbonyl (C=O) groups excluding carboxylic acids is 2. The zero-order chi connectivity index (χ0) is 25.2. The lowest BCUT2D eigenvalue weighted by molar-refractivity contribution is -0.137. The van der Waals surface area contributed by atoms with Crippen LogP contribution in [0.4, 0.5) is 29.3 Å². The normalized spacial score (nSPS) is 11.3. The third-order valence-electron chi connectivity index (χ3n) is 5.09. The van der Waals surface area contributed by atoms with E-state index in [2.05, 4.69) is 26.1 Å². The van der Waals surface area contributed by atoms with Crippen LogP contribution < -0.4 is 16.0 Å². The van der Waals surface area contributed by atoms with Crippen molar-refractivity contribution in [3.8, 4) is 11.3 Å². The van der Waals surface area contributed by atoms with Crippen LogP contribution in [-0.2, 0) is 6.18 Å². The highest BCUT2D eigenvalue weighted by Gasteiger charge is 2.34. The van der Waals surface area contributed by atoms with Gasteiger partial charge in [0.1, 0.15) is 0 Å². The van der Waals surface area contributed by atoms with E-state index in [0.717, 1.165) is 6.07 Å². The molecule has 0 aliphatic heterocycles. The number of benzene rings is 2. The first-order valence-electron chi connectivity index (χ1n) is 10.6. The molecular formula is C24H20F3N5O3. The Morgan fingerprint density at radius 3 is 2.43 bits per heavy atom. The van der Waals surface area contributed by atoms with Crippen LogP contribution in [0.15, 0.2) is 59.1 Å². The molecule has 3 N–H and O–H groups in total. The molecular weight excluding hydrogens is 463 g/mol. The van der Waals surface area contributed by atoms with Gasteiger partial charge in [0.25, 0.3) is 11.6 Å². The minimum Gasteiger partial charge on any atom is -0.338 e. The maximum atomic E-state index is 13.6. The first-order chi connectivity index (χ1) is 16.7. The summed E-state index contributed by atoms with van der Waals surface area (Å²) in [6, 6.07) is 12.3. The number of fused-ring (bicyclic) bond motifs is 1. The summed E-state index contributed by atoms with van der Waals surface area (Å²) < 4.78 is 46.0. The average Bonchev–Trinajstić information content (AvgIpc) is 3.19. The lowest BCUT2D eigenvalue weighted by Gasteiger charge is -2.13. The van der Waals surface area contributed by atoms with E-state index >= 15 is 0 Å². The monoisotopic (exact) mass is 483 g/mol. The largest absolute Gasteiger partial charge is 0.417 e. The molecule has 0 aliphatic carbocycles. The van der Waals surface area contributed by atoms with Gasteiger partial charge in [0, 0.05) is 23.5 Å². The second-order valence-electron chi connectivity index (χ2n) is 7.57. The summed E-state index contributed by atoms with van der Waals surface area (Å²) in [5, 5.41) is 12.1. The number of amides is 3. The zero-order valence-corrected chi connectivity index (χ0v) is 18.7. The lowest BCUT2D eigenvalue weighted by atomic mass is 10.0. The lowest BCUT2D eigenvalue weighted by Crippen LogP contribution is -2.28. The predicted octanol–water partition coefficient (Wildman–Crippen LogP) is 5.61. The first kappa shape index (κ1) is 23.7. The van der Waals surface area contributed by atoms with Gasteiger partial charge in [-0.1, -0.05) is 29.4 Å². The van der Waals surface area contributed by atoms with E-state index < -0.39 is 23.7 Å². The van der Waals surface area contributed by atoms with Gasteiger partial charge >= 0.3 is 12.2 Å². The maximum absolute atomic E-state index is 13.6. The van der Waals surface area contributed by atoms with E-state index in [9.17, 15) is 22.8 Å². The van der Waals surface area contributed by atoms with E-state index in [4.69, 9.17) is 4.52 Å². The Kier molecular flexibility index (Phi) is 6.41. The Bertz CT molecular complexity index is 1420. The van der Waals surface area contributed by atoms with Crippen LogP contribution in [0.1, 0.15) is 28.5 Å². The Hall–Kier alpha value is -4.41. The number of nitrogens with zero attached hydrogens (tertiary/aromatic N) is 2. The van der Waals surface area contributed by atoms with E-state index in [-0.39, 0.29) is 27.9 Å². The fourth-order valence-electron chi connectivity index (χ4n) is 3.57. The summed E-state index contributed by atoms with van der Waals surface area (Å²) >= 11 is 0. The molecule has 180 valence electrons. The van der Waals surface area contributed by atoms with Gasteiger partial charge in [0.2, 0.25) is 0 Å². The Morgan fingerprint density at radius 1 is 1.00 bits per heavy atom. The van der Waals surface area contributed by atoms with Crippen molar-refractivity contribution in [3.63, 3.8) is 0 Å². The van der Waals surface area contributed by atoms with E-state index in [1.807, 2.05) is 0 Å². The Labute approximate surface area is 197 Å². The van der Waals surface area contributed by atoms with Gasteiger partial charge in [-0.05, 0) is 44.2 Å². The molecule has 2 aromatic heterocycles. The number of nitrogens with one attached hydrogen (secondary N) is 3. The first-order valence-corrected chi connectivity index (χ1v) is 10.6. The van der Waals surface area contributed by atoms with Crippen molar-refractivity contribution < 1.29 is 27.3 Å². The molecule has 0 atom stereocenters. The molecule has 8 nitrogen and oxygen atoms in total. The molecule has 0 aliphatic rings. The number of aromatic nitrogens is 2. The Balaban J connectivity index is 1.73. The van der Waals surface area contributed by atoms with Crippen molar-refractivity contribution >= 4 is 34.4 Å². The molecule has 0 radical (unpaired) electrons. The predicted molar refractivity (Wildman–Crippen MR) is 124 cm³/mol. The van der Waals surface area contributed by atoms with Crippen LogP contribution in [0.25, 0.3) is 22.4 Å². The number of aryl methyl sites for hydroxylation is 1. The van der Waals surface area contributed by atoms with E-state index in [1.165, 1.54) is 24.3 Å². The third-order valence-corrected chi connectivity index (χ3v) is 5.09. The number of pyridine rings is 1. The number of alkyl halides is 3. The summed E-state index contributed by atoms with van der Waals surface area (Å²) in [4.78, 5) is 29.2. The SMILES string of the molecule is CCNC(=O)Nc1cccc(NC(=O)c2cc(-c3ccccc3C(F)(F)F)nc3onc(C)c23)c1. The molecule has 0 saturated carbocycles. The topological polar surface area (TPSA) is 109 Å². The standard InChI is InChI=1S/C24H20F3N5O3/c1-3-28-23(34)30-15-8-6-7-14(11-15)29-21(33)17-12-19(31-22-20(17)13(2)32-35-22)16-9-4-5-10-18(16)24(25,26)27/h4-12H,3H2,1-2H3,(H,29,33)(H2,28,30,34). The molecule has 0 saturated heterocycles. The summed E-state index contributed by atoms with van der Waals surface area (Å²) in [6.45, 7) is 3.82. The number of urea groups is 1. The maximum Gasteiger partial charge on any atom is 0.417 e. The molecule has 0 unspecified atom stereocenters. The highest BCUT2D eigenvalue weighted by molar-refractivity contribution is 6.13. The number of rotatable bonds is 5. The van der Waals surface area contributed by atoms with Gasteiger partial charge in [-0.15, -0.1) is 0 Å². The zero-order valence-electron chi connectivity index (χ0n) is 18.7. The minimum absolute atomic E-state index is 0.0443. The minimum atomic E-state index is -4.62. The fourth-order valence-corrected chi connectivity index (χ4v) is 3.57. The number of carbonyl (C=O) groups is 2. The Morgan fingerprint density at radius 2 is 1.71 bits per heavy atom. The molecule has 2 aromatic carbocycles. The van der Waals surface area contributed by atoms with Crippen LogP contribution in [0.5, 0.6) is 0 Å². The van der Waals surface area contributed by atoms with Gasteiger partial charge in [-0.2, -0.15) is 13.2 Å². The van der Waals surface area contributed by atoms with Crippen molar-refractivity contribution in [3.05, 3.63) is 71.4 Å². The summed E-state index contributed by atoms with van der Waals surface area (Å²) in [7, 11) is 0. The summed E-state index contributed by atoms with van der Waals surface area (Å²) in [5.74, 6) is -0.607. The molecule has 11 heteroatoms. The number of anilines is 2. The van der Waals surface area contributed by atoms with Crippen molar-refractivity contribution in [2.45, 2.75) is 20.0 Å². The van der Waals surface area contributed by atoms with Crippen molar-refractivity contribution in [2.75, 3.05) is 17.2 Å². The quantitative estimate of drug-likeness (QED) is 0.342. The van der Waals surface area contributed by atoms with Gasteiger partial charge in [0.05, 0.1) is 27.9 Å². The molecule has 0 bridgehead atoms. The molecule has 2 heterocycles. The van der Waals surface area contributed by atoms with Crippen LogP contribution in [-0.4, -0.2) is 28.6 Å². The highest BCUT2D eigenvalue weighted by atomic mass is 19.4. The van der Waals surface area contributed by atoms with Gasteiger partial charge in [-0.3, -0.25) is 4.79 Å². The van der Waals surface area contributed by atoms with Gasteiger partial charge < -0.3 is 20.5 Å². The molecule has 35 heavy (non-hydrogen) atoms. The van der Waals surface area contributed by atoms with Crippen molar-refractivity contribution in [2.24, 2.45) is 0 Å². The third kappa shape index (κ3) is 5.08. The second kappa shape index (κ2) is 9.45.